The van der Waals surface area contributed by atoms with Crippen LogP contribution in [0.25, 0.3) is 0 Å². The Kier molecular flexibility index (Phi) is 4.13. The Balaban J connectivity index is 2.01. The van der Waals surface area contributed by atoms with Gasteiger partial charge in [0, 0.05) is 38.9 Å². The molecule has 1 aromatic carbocycles. The second-order valence-corrected chi connectivity index (χ2v) is 7.03. The van der Waals surface area contributed by atoms with Crippen molar-refractivity contribution in [2.24, 2.45) is 0 Å². The zero-order valence-corrected chi connectivity index (χ0v) is 12.4. The number of rotatable bonds is 5. The third-order valence-corrected chi connectivity index (χ3v) is 4.99. The summed E-state index contributed by atoms with van der Waals surface area (Å²) in [5.41, 5.74) is 2.56. The van der Waals surface area contributed by atoms with Crippen molar-refractivity contribution in [3.8, 4) is 0 Å². The van der Waals surface area contributed by atoms with Gasteiger partial charge in [-0.05, 0) is 25.0 Å². The molecule has 0 saturated heterocycles. The first-order valence-electron chi connectivity index (χ1n) is 6.43. The molecule has 1 aliphatic heterocycles. The minimum absolute atomic E-state index is 0.137. The Hall–Kier alpha value is -1.11. The first-order chi connectivity index (χ1) is 8.92. The molecule has 1 aliphatic rings. The molecule has 0 spiro atoms. The number of benzene rings is 1. The van der Waals surface area contributed by atoms with Gasteiger partial charge in [0.15, 0.2) is 0 Å². The van der Waals surface area contributed by atoms with E-state index in [1.54, 1.807) is 0 Å². The van der Waals surface area contributed by atoms with E-state index < -0.39 is 10.2 Å². The van der Waals surface area contributed by atoms with Crippen molar-refractivity contribution in [1.29, 1.82) is 0 Å². The average molecular weight is 283 g/mol. The van der Waals surface area contributed by atoms with Gasteiger partial charge in [-0.3, -0.25) is 0 Å². The van der Waals surface area contributed by atoms with E-state index in [-0.39, 0.29) is 6.04 Å². The van der Waals surface area contributed by atoms with Crippen molar-refractivity contribution in [3.05, 3.63) is 29.8 Å². The van der Waals surface area contributed by atoms with Gasteiger partial charge >= 0.3 is 0 Å². The second-order valence-electron chi connectivity index (χ2n) is 5.06. The molecule has 0 aromatic heterocycles. The van der Waals surface area contributed by atoms with Crippen LogP contribution in [0.4, 0.5) is 5.69 Å². The van der Waals surface area contributed by atoms with Gasteiger partial charge in [0.1, 0.15) is 0 Å². The normalized spacial score (nSPS) is 16.7. The molecule has 0 saturated carbocycles. The highest BCUT2D eigenvalue weighted by atomic mass is 32.2. The van der Waals surface area contributed by atoms with Crippen molar-refractivity contribution >= 4 is 15.9 Å². The van der Waals surface area contributed by atoms with E-state index in [0.717, 1.165) is 13.0 Å². The zero-order chi connectivity index (χ0) is 14.0. The lowest BCUT2D eigenvalue weighted by atomic mass is 10.2. The summed E-state index contributed by atoms with van der Waals surface area (Å²) in [5.74, 6) is 0. The predicted octanol–water partition coefficient (Wildman–Crippen LogP) is 0.834. The molecular weight excluding hydrogens is 262 g/mol. The smallest absolute Gasteiger partial charge is 0.279 e. The molecule has 0 fully saturated rings. The van der Waals surface area contributed by atoms with E-state index in [9.17, 15) is 8.42 Å². The molecule has 1 atom stereocenters. The topological polar surface area (TPSA) is 52.7 Å². The SMILES string of the molecule is CC(CNS(=O)(=O)N(C)C)N1CCc2ccccc21. The van der Waals surface area contributed by atoms with Gasteiger partial charge in [-0.25, -0.2) is 4.72 Å². The zero-order valence-electron chi connectivity index (χ0n) is 11.6. The van der Waals surface area contributed by atoms with Gasteiger partial charge in [-0.1, -0.05) is 18.2 Å². The Labute approximate surface area is 115 Å². The molecule has 1 unspecified atom stereocenters. The van der Waals surface area contributed by atoms with Crippen molar-refractivity contribution < 1.29 is 8.42 Å². The fourth-order valence-corrected chi connectivity index (χ4v) is 3.00. The number of nitrogens with one attached hydrogen (secondary N) is 1. The van der Waals surface area contributed by atoms with E-state index in [1.165, 1.54) is 29.7 Å². The number of fused-ring (bicyclic) bond motifs is 1. The molecule has 1 aromatic rings. The van der Waals surface area contributed by atoms with Crippen LogP contribution in [-0.4, -0.2) is 45.9 Å². The number of nitrogens with zero attached hydrogens (tertiary/aromatic N) is 2. The Morgan fingerprint density at radius 1 is 1.37 bits per heavy atom. The summed E-state index contributed by atoms with van der Waals surface area (Å²) < 4.78 is 27.2. The molecule has 2 rings (SSSR count). The number of para-hydroxylation sites is 1. The summed E-state index contributed by atoms with van der Waals surface area (Å²) in [6, 6.07) is 8.43. The number of hydrogen-bond acceptors (Lipinski definition) is 3. The lowest BCUT2D eigenvalue weighted by Crippen LogP contribution is -2.44. The van der Waals surface area contributed by atoms with Gasteiger partial charge in [-0.15, -0.1) is 0 Å². The third kappa shape index (κ3) is 3.08. The molecule has 19 heavy (non-hydrogen) atoms. The summed E-state index contributed by atoms with van der Waals surface area (Å²) >= 11 is 0. The Bertz CT molecular complexity index is 543. The average Bonchev–Trinajstić information content (AvgIpc) is 2.79. The molecule has 1 N–H and O–H groups in total. The van der Waals surface area contributed by atoms with E-state index in [0.29, 0.717) is 6.54 Å². The van der Waals surface area contributed by atoms with Crippen molar-refractivity contribution in [1.82, 2.24) is 9.03 Å². The fraction of sp³-hybridized carbons (Fsp3) is 0.538. The Morgan fingerprint density at radius 3 is 2.74 bits per heavy atom. The van der Waals surface area contributed by atoms with Gasteiger partial charge in [0.2, 0.25) is 0 Å². The Morgan fingerprint density at radius 2 is 2.05 bits per heavy atom. The number of anilines is 1. The highest BCUT2D eigenvalue weighted by molar-refractivity contribution is 7.87. The molecule has 0 radical (unpaired) electrons. The van der Waals surface area contributed by atoms with Gasteiger partial charge in [0.25, 0.3) is 10.2 Å². The lowest BCUT2D eigenvalue weighted by Gasteiger charge is -2.28. The fourth-order valence-electron chi connectivity index (χ4n) is 2.29. The first-order valence-corrected chi connectivity index (χ1v) is 7.87. The summed E-state index contributed by atoms with van der Waals surface area (Å²) in [4.78, 5) is 2.26. The summed E-state index contributed by atoms with van der Waals surface area (Å²) in [6.07, 6.45) is 1.03. The van der Waals surface area contributed by atoms with Crippen LogP contribution < -0.4 is 9.62 Å². The van der Waals surface area contributed by atoms with Gasteiger partial charge in [0.05, 0.1) is 0 Å². The summed E-state index contributed by atoms with van der Waals surface area (Å²) in [5, 5.41) is 0. The van der Waals surface area contributed by atoms with Crippen LogP contribution in [0.1, 0.15) is 12.5 Å². The summed E-state index contributed by atoms with van der Waals surface area (Å²) in [7, 11) is -0.292. The molecule has 106 valence electrons. The molecule has 0 amide bonds. The lowest BCUT2D eigenvalue weighted by molar-refractivity contribution is 0.498. The largest absolute Gasteiger partial charge is 0.367 e. The highest BCUT2D eigenvalue weighted by Gasteiger charge is 2.24. The van der Waals surface area contributed by atoms with Crippen molar-refractivity contribution in [3.63, 3.8) is 0 Å². The summed E-state index contributed by atoms with van der Waals surface area (Å²) in [6.45, 7) is 3.40. The highest BCUT2D eigenvalue weighted by Crippen LogP contribution is 2.28. The maximum atomic E-state index is 11.7. The van der Waals surface area contributed by atoms with Crippen LogP contribution in [-0.2, 0) is 16.6 Å². The van der Waals surface area contributed by atoms with E-state index in [2.05, 4.69) is 21.8 Å². The molecule has 0 aliphatic carbocycles. The number of hydrogen-bond donors (Lipinski definition) is 1. The molecular formula is C13H21N3O2S. The third-order valence-electron chi connectivity index (χ3n) is 3.50. The van der Waals surface area contributed by atoms with Crippen LogP contribution in [0, 0.1) is 0 Å². The molecule has 0 bridgehead atoms. The predicted molar refractivity (Wildman–Crippen MR) is 77.6 cm³/mol. The first kappa shape index (κ1) is 14.3. The van der Waals surface area contributed by atoms with Crippen LogP contribution in [0.5, 0.6) is 0 Å². The maximum absolute atomic E-state index is 11.7. The molecule has 5 nitrogen and oxygen atoms in total. The van der Waals surface area contributed by atoms with E-state index in [1.807, 2.05) is 19.1 Å². The quantitative estimate of drug-likeness (QED) is 0.871. The van der Waals surface area contributed by atoms with Crippen LogP contribution in [0.3, 0.4) is 0 Å². The maximum Gasteiger partial charge on any atom is 0.279 e. The van der Waals surface area contributed by atoms with Crippen LogP contribution >= 0.6 is 0 Å². The van der Waals surface area contributed by atoms with Crippen molar-refractivity contribution in [2.45, 2.75) is 19.4 Å². The van der Waals surface area contributed by atoms with Crippen LogP contribution in [0.15, 0.2) is 24.3 Å². The van der Waals surface area contributed by atoms with Crippen LogP contribution in [0.2, 0.25) is 0 Å². The molecule has 6 heteroatoms. The van der Waals surface area contributed by atoms with Crippen molar-refractivity contribution in [2.75, 3.05) is 32.1 Å². The molecule has 1 heterocycles. The minimum Gasteiger partial charge on any atom is -0.367 e. The van der Waals surface area contributed by atoms with Gasteiger partial charge in [-0.2, -0.15) is 12.7 Å². The van der Waals surface area contributed by atoms with E-state index in [4.69, 9.17) is 0 Å². The van der Waals surface area contributed by atoms with Gasteiger partial charge < -0.3 is 4.90 Å². The van der Waals surface area contributed by atoms with E-state index >= 15 is 0 Å². The minimum atomic E-state index is -3.34. The monoisotopic (exact) mass is 283 g/mol. The standard InChI is InChI=1S/C13H21N3O2S/c1-11(10-14-19(17,18)15(2)3)16-9-8-12-6-4-5-7-13(12)16/h4-7,11,14H,8-10H2,1-3H3. The second kappa shape index (κ2) is 5.48.